The number of aryl methyl sites for hydroxylation is 1. The number of aromatic nitrogens is 3. The molecule has 0 aliphatic carbocycles. The maximum Gasteiger partial charge on any atom is 0.192 e. The smallest absolute Gasteiger partial charge is 0.192 e. The molecule has 0 fully saturated rings. The summed E-state index contributed by atoms with van der Waals surface area (Å²) in [6, 6.07) is 9.36. The molecule has 0 amide bonds. The number of hydrogen-bond acceptors (Lipinski definition) is 4. The summed E-state index contributed by atoms with van der Waals surface area (Å²) in [6.07, 6.45) is 1.60. The van der Waals surface area contributed by atoms with E-state index in [0.29, 0.717) is 17.4 Å². The molecule has 18 heavy (non-hydrogen) atoms. The fourth-order valence-electron chi connectivity index (χ4n) is 1.73. The highest BCUT2D eigenvalue weighted by atomic mass is 16.3. The van der Waals surface area contributed by atoms with Crippen LogP contribution in [0.3, 0.4) is 0 Å². The number of nitrogens with two attached hydrogens (primary N) is 1. The lowest BCUT2D eigenvalue weighted by Crippen LogP contribution is -1.90. The largest absolute Gasteiger partial charge is 0.461 e. The van der Waals surface area contributed by atoms with Crippen molar-refractivity contribution in [3.63, 3.8) is 0 Å². The summed E-state index contributed by atoms with van der Waals surface area (Å²) in [5.74, 6) is 1.91. The van der Waals surface area contributed by atoms with E-state index in [-0.39, 0.29) is 0 Å². The summed E-state index contributed by atoms with van der Waals surface area (Å²) in [4.78, 5) is 4.39. The van der Waals surface area contributed by atoms with E-state index in [1.54, 1.807) is 6.26 Å². The molecule has 5 heteroatoms. The third-order valence-electron chi connectivity index (χ3n) is 2.77. The zero-order valence-corrected chi connectivity index (χ0v) is 9.84. The second-order valence-corrected chi connectivity index (χ2v) is 4.06. The van der Waals surface area contributed by atoms with Gasteiger partial charge >= 0.3 is 0 Å². The first-order valence-corrected chi connectivity index (χ1v) is 5.57. The Morgan fingerprint density at radius 2 is 2.17 bits per heavy atom. The van der Waals surface area contributed by atoms with E-state index < -0.39 is 0 Å². The SMILES string of the molecule is Cc1cc(-c2n[nH]c(-c3ccco3)n2)ccc1N. The van der Waals surface area contributed by atoms with Gasteiger partial charge in [-0.15, -0.1) is 0 Å². The van der Waals surface area contributed by atoms with Crippen LogP contribution >= 0.6 is 0 Å². The molecule has 0 bridgehead atoms. The summed E-state index contributed by atoms with van der Waals surface area (Å²) >= 11 is 0. The summed E-state index contributed by atoms with van der Waals surface area (Å²) < 4.78 is 5.26. The van der Waals surface area contributed by atoms with Gasteiger partial charge in [-0.3, -0.25) is 5.10 Å². The molecule has 3 N–H and O–H groups in total. The molecule has 2 aromatic heterocycles. The molecule has 0 saturated heterocycles. The maximum atomic E-state index is 5.79. The second kappa shape index (κ2) is 4.03. The lowest BCUT2D eigenvalue weighted by atomic mass is 10.1. The van der Waals surface area contributed by atoms with Gasteiger partial charge in [0.25, 0.3) is 0 Å². The third kappa shape index (κ3) is 1.75. The van der Waals surface area contributed by atoms with Crippen LogP contribution in [0.25, 0.3) is 23.0 Å². The number of nitrogens with zero attached hydrogens (tertiary/aromatic N) is 2. The van der Waals surface area contributed by atoms with Crippen LogP contribution in [0.2, 0.25) is 0 Å². The third-order valence-corrected chi connectivity index (χ3v) is 2.77. The van der Waals surface area contributed by atoms with Crippen molar-refractivity contribution in [2.45, 2.75) is 6.92 Å². The van der Waals surface area contributed by atoms with Crippen LogP contribution < -0.4 is 5.73 Å². The molecule has 0 unspecified atom stereocenters. The van der Waals surface area contributed by atoms with Crippen LogP contribution in [-0.2, 0) is 0 Å². The molecule has 0 atom stereocenters. The Bertz CT molecular complexity index is 670. The minimum absolute atomic E-state index is 0.615. The molecule has 0 spiro atoms. The first-order valence-electron chi connectivity index (χ1n) is 5.57. The first kappa shape index (κ1) is 10.6. The van der Waals surface area contributed by atoms with Crippen molar-refractivity contribution >= 4 is 5.69 Å². The molecule has 90 valence electrons. The van der Waals surface area contributed by atoms with Gasteiger partial charge in [0.1, 0.15) is 0 Å². The predicted octanol–water partition coefficient (Wildman–Crippen LogP) is 2.62. The molecule has 0 radical (unpaired) electrons. The van der Waals surface area contributed by atoms with Crippen LogP contribution in [0.15, 0.2) is 41.0 Å². The van der Waals surface area contributed by atoms with E-state index in [0.717, 1.165) is 16.8 Å². The van der Waals surface area contributed by atoms with Gasteiger partial charge in [0.05, 0.1) is 6.26 Å². The molecule has 2 heterocycles. The Morgan fingerprint density at radius 1 is 1.28 bits per heavy atom. The number of H-pyrrole nitrogens is 1. The Balaban J connectivity index is 2.00. The molecule has 3 rings (SSSR count). The van der Waals surface area contributed by atoms with E-state index in [2.05, 4.69) is 15.2 Å². The Morgan fingerprint density at radius 3 is 2.89 bits per heavy atom. The monoisotopic (exact) mass is 240 g/mol. The average Bonchev–Trinajstić information content (AvgIpc) is 3.01. The van der Waals surface area contributed by atoms with E-state index in [9.17, 15) is 0 Å². The number of anilines is 1. The van der Waals surface area contributed by atoms with Gasteiger partial charge in [-0.05, 0) is 42.8 Å². The van der Waals surface area contributed by atoms with Crippen LogP contribution in [0.5, 0.6) is 0 Å². The van der Waals surface area contributed by atoms with Crippen LogP contribution in [0.4, 0.5) is 5.69 Å². The van der Waals surface area contributed by atoms with Crippen LogP contribution in [-0.4, -0.2) is 15.2 Å². The van der Waals surface area contributed by atoms with Crippen molar-refractivity contribution in [2.24, 2.45) is 0 Å². The van der Waals surface area contributed by atoms with Gasteiger partial charge in [-0.1, -0.05) is 0 Å². The predicted molar refractivity (Wildman–Crippen MR) is 68.7 cm³/mol. The highest BCUT2D eigenvalue weighted by molar-refractivity contribution is 5.63. The summed E-state index contributed by atoms with van der Waals surface area (Å²) in [6.45, 7) is 1.96. The summed E-state index contributed by atoms with van der Waals surface area (Å²) in [7, 11) is 0. The minimum Gasteiger partial charge on any atom is -0.461 e. The summed E-state index contributed by atoms with van der Waals surface area (Å²) in [5.41, 5.74) is 8.49. The topological polar surface area (TPSA) is 80.7 Å². The molecule has 5 nitrogen and oxygen atoms in total. The van der Waals surface area contributed by atoms with Crippen molar-refractivity contribution < 1.29 is 4.42 Å². The number of nitrogens with one attached hydrogen (secondary N) is 1. The van der Waals surface area contributed by atoms with Gasteiger partial charge in [0, 0.05) is 11.3 Å². The van der Waals surface area contributed by atoms with E-state index >= 15 is 0 Å². The minimum atomic E-state index is 0.615. The van der Waals surface area contributed by atoms with Crippen LogP contribution in [0.1, 0.15) is 5.56 Å². The number of rotatable bonds is 2. The zero-order chi connectivity index (χ0) is 12.5. The van der Waals surface area contributed by atoms with Crippen molar-refractivity contribution in [1.29, 1.82) is 0 Å². The lowest BCUT2D eigenvalue weighted by Gasteiger charge is -2.00. The standard InChI is InChI=1S/C13H12N4O/c1-8-7-9(4-5-10(8)14)12-15-13(17-16-12)11-3-2-6-18-11/h2-7H,14H2,1H3,(H,15,16,17). The number of nitrogen functional groups attached to an aromatic ring is 1. The molecule has 1 aromatic carbocycles. The Labute approximate surface area is 104 Å². The van der Waals surface area contributed by atoms with Gasteiger partial charge < -0.3 is 10.2 Å². The quantitative estimate of drug-likeness (QED) is 0.675. The van der Waals surface area contributed by atoms with Crippen molar-refractivity contribution in [2.75, 3.05) is 5.73 Å². The zero-order valence-electron chi connectivity index (χ0n) is 9.84. The van der Waals surface area contributed by atoms with Crippen molar-refractivity contribution in [3.8, 4) is 23.0 Å². The highest BCUT2D eigenvalue weighted by Gasteiger charge is 2.10. The molecule has 0 saturated carbocycles. The van der Waals surface area contributed by atoms with E-state index in [1.807, 2.05) is 37.3 Å². The van der Waals surface area contributed by atoms with Crippen LogP contribution in [0, 0.1) is 6.92 Å². The molecular formula is C13H12N4O. The number of hydrogen-bond donors (Lipinski definition) is 2. The van der Waals surface area contributed by atoms with Gasteiger partial charge in [0.15, 0.2) is 17.4 Å². The molecule has 0 aliphatic heterocycles. The van der Waals surface area contributed by atoms with Gasteiger partial charge in [-0.25, -0.2) is 4.98 Å². The number of benzene rings is 1. The number of aromatic amines is 1. The summed E-state index contributed by atoms with van der Waals surface area (Å²) in [5, 5.41) is 7.03. The van der Waals surface area contributed by atoms with E-state index in [1.165, 1.54) is 0 Å². The second-order valence-electron chi connectivity index (χ2n) is 4.06. The lowest BCUT2D eigenvalue weighted by molar-refractivity contribution is 0.577. The Kier molecular flexibility index (Phi) is 2.37. The normalized spacial score (nSPS) is 10.7. The van der Waals surface area contributed by atoms with Crippen molar-refractivity contribution in [1.82, 2.24) is 15.2 Å². The highest BCUT2D eigenvalue weighted by Crippen LogP contribution is 2.22. The first-order chi connectivity index (χ1) is 8.74. The molecular weight excluding hydrogens is 228 g/mol. The molecule has 3 aromatic rings. The van der Waals surface area contributed by atoms with Crippen molar-refractivity contribution in [3.05, 3.63) is 42.2 Å². The maximum absolute atomic E-state index is 5.79. The molecule has 0 aliphatic rings. The fourth-order valence-corrected chi connectivity index (χ4v) is 1.73. The Hall–Kier alpha value is -2.56. The van der Waals surface area contributed by atoms with Gasteiger partial charge in [0.2, 0.25) is 0 Å². The number of furan rings is 1. The van der Waals surface area contributed by atoms with E-state index in [4.69, 9.17) is 10.2 Å². The van der Waals surface area contributed by atoms with Gasteiger partial charge in [-0.2, -0.15) is 5.10 Å². The fraction of sp³-hybridized carbons (Fsp3) is 0.0769. The average molecular weight is 240 g/mol.